The second kappa shape index (κ2) is 8.33. The summed E-state index contributed by atoms with van der Waals surface area (Å²) in [5, 5.41) is 17.0. The third kappa shape index (κ3) is 4.12. The van der Waals surface area contributed by atoms with Gasteiger partial charge in [0.2, 0.25) is 0 Å². The molecule has 0 bridgehead atoms. The van der Waals surface area contributed by atoms with Crippen molar-refractivity contribution in [2.24, 2.45) is 0 Å². The van der Waals surface area contributed by atoms with Gasteiger partial charge in [-0.1, -0.05) is 0 Å². The fraction of sp³-hybridized carbons (Fsp3) is 0.292. The van der Waals surface area contributed by atoms with E-state index in [0.717, 1.165) is 35.0 Å². The molecule has 2 aromatic carbocycles. The van der Waals surface area contributed by atoms with Gasteiger partial charge in [0.05, 0.1) is 23.7 Å². The van der Waals surface area contributed by atoms with Crippen LogP contribution in [0, 0.1) is 24.4 Å². The number of rotatable bonds is 5. The topological polar surface area (TPSA) is 85.1 Å². The lowest BCUT2D eigenvalue weighted by atomic mass is 9.75. The number of phenols is 1. The highest BCUT2D eigenvalue weighted by Gasteiger charge is 2.68. The molecule has 1 fully saturated rings. The Morgan fingerprint density at radius 3 is 2.43 bits per heavy atom. The van der Waals surface area contributed by atoms with E-state index in [9.17, 15) is 31.4 Å². The number of alkyl halides is 3. The predicted octanol–water partition coefficient (Wildman–Crippen LogP) is 5.30. The Hall–Kier alpha value is -3.87. The summed E-state index contributed by atoms with van der Waals surface area (Å²) in [6, 6.07) is 5.83. The minimum absolute atomic E-state index is 0.00861. The van der Waals surface area contributed by atoms with Crippen molar-refractivity contribution in [3.05, 3.63) is 71.4 Å². The zero-order valence-electron chi connectivity index (χ0n) is 19.4. The van der Waals surface area contributed by atoms with Crippen molar-refractivity contribution in [2.45, 2.75) is 37.6 Å². The van der Waals surface area contributed by atoms with Gasteiger partial charge in [-0.15, -0.1) is 0 Å². The Morgan fingerprint density at radius 1 is 1.08 bits per heavy atom. The summed E-state index contributed by atoms with van der Waals surface area (Å²) in [4.78, 5) is 8.38. The number of benzene rings is 2. The molecule has 1 saturated heterocycles. The quantitative estimate of drug-likeness (QED) is 0.346. The molecule has 7 nitrogen and oxygen atoms in total. The Balaban J connectivity index is 1.46. The average Bonchev–Trinajstić information content (AvgIpc) is 3.20. The second-order valence-corrected chi connectivity index (χ2v) is 9.03. The lowest BCUT2D eigenvalue weighted by molar-refractivity contribution is -0.380. The molecule has 0 spiro atoms. The van der Waals surface area contributed by atoms with Crippen molar-refractivity contribution in [3.8, 4) is 11.4 Å². The van der Waals surface area contributed by atoms with E-state index >= 15 is 0 Å². The molecule has 3 heterocycles. The number of aryl methyl sites for hydroxylation is 1. The van der Waals surface area contributed by atoms with Gasteiger partial charge in [0.25, 0.3) is 0 Å². The van der Waals surface area contributed by atoms with Gasteiger partial charge in [-0.25, -0.2) is 27.8 Å². The number of phenolic OH excluding ortho intramolecular Hbond substituents is 1. The Bertz CT molecular complexity index is 1510. The second-order valence-electron chi connectivity index (χ2n) is 9.03. The number of hydrogen-bond donors (Lipinski definition) is 2. The Morgan fingerprint density at radius 2 is 1.76 bits per heavy atom. The van der Waals surface area contributed by atoms with E-state index in [1.54, 1.807) is 0 Å². The normalized spacial score (nSPS) is 21.7. The third-order valence-electron chi connectivity index (χ3n) is 6.31. The van der Waals surface area contributed by atoms with Gasteiger partial charge in [-0.05, 0) is 44.2 Å². The SMILES string of the molecule is Cc1nc(NCC2(C(F)(F)F)CC(C)(c3cc(F)ccc3O)O2)c2cnn(-c3ccc(F)cc3F)c2n1. The van der Waals surface area contributed by atoms with Crippen molar-refractivity contribution in [1.29, 1.82) is 0 Å². The molecule has 0 radical (unpaired) electrons. The summed E-state index contributed by atoms with van der Waals surface area (Å²) < 4.78 is 90.4. The molecule has 1 aliphatic heterocycles. The molecule has 2 N–H and O–H groups in total. The maximum absolute atomic E-state index is 14.4. The number of nitrogens with zero attached hydrogens (tertiary/aromatic N) is 4. The molecule has 2 atom stereocenters. The van der Waals surface area contributed by atoms with Crippen LogP contribution in [0.4, 0.5) is 32.2 Å². The van der Waals surface area contributed by atoms with Gasteiger partial charge in [0.15, 0.2) is 17.1 Å². The molecule has 0 saturated carbocycles. The lowest BCUT2D eigenvalue weighted by Crippen LogP contribution is -2.67. The molecule has 13 heteroatoms. The molecule has 5 rings (SSSR count). The first-order valence-electron chi connectivity index (χ1n) is 11.0. The predicted molar refractivity (Wildman–Crippen MR) is 120 cm³/mol. The molecular weight excluding hydrogens is 504 g/mol. The summed E-state index contributed by atoms with van der Waals surface area (Å²) in [6.07, 6.45) is -4.19. The highest BCUT2D eigenvalue weighted by molar-refractivity contribution is 5.87. The van der Waals surface area contributed by atoms with E-state index in [1.807, 2.05) is 0 Å². The van der Waals surface area contributed by atoms with E-state index < -0.39 is 47.8 Å². The van der Waals surface area contributed by atoms with Crippen molar-refractivity contribution >= 4 is 16.9 Å². The maximum Gasteiger partial charge on any atom is 0.419 e. The molecule has 2 unspecified atom stereocenters. The lowest BCUT2D eigenvalue weighted by Gasteiger charge is -2.55. The number of nitrogens with one attached hydrogen (secondary N) is 1. The highest BCUT2D eigenvalue weighted by atomic mass is 19.4. The van der Waals surface area contributed by atoms with Crippen LogP contribution in [-0.2, 0) is 10.3 Å². The van der Waals surface area contributed by atoms with Crippen LogP contribution in [-0.4, -0.2) is 43.2 Å². The summed E-state index contributed by atoms with van der Waals surface area (Å²) in [5.74, 6) is -2.66. The summed E-state index contributed by atoms with van der Waals surface area (Å²) in [5.41, 5.74) is -4.39. The van der Waals surface area contributed by atoms with Gasteiger partial charge in [-0.3, -0.25) is 0 Å². The van der Waals surface area contributed by atoms with Gasteiger partial charge in [0, 0.05) is 18.1 Å². The Labute approximate surface area is 205 Å². The van der Waals surface area contributed by atoms with Gasteiger partial charge in [0.1, 0.15) is 34.7 Å². The molecule has 0 amide bonds. The summed E-state index contributed by atoms with van der Waals surface area (Å²) >= 11 is 0. The molecule has 37 heavy (non-hydrogen) atoms. The first-order chi connectivity index (χ1) is 17.3. The first-order valence-corrected chi connectivity index (χ1v) is 11.0. The van der Waals surface area contributed by atoms with Crippen LogP contribution in [0.15, 0.2) is 42.6 Å². The van der Waals surface area contributed by atoms with Crippen molar-refractivity contribution in [2.75, 3.05) is 11.9 Å². The largest absolute Gasteiger partial charge is 0.508 e. The first kappa shape index (κ1) is 24.8. The number of fused-ring (bicyclic) bond motifs is 1. The Kier molecular flexibility index (Phi) is 5.59. The van der Waals surface area contributed by atoms with Crippen LogP contribution >= 0.6 is 0 Å². The van der Waals surface area contributed by atoms with Crippen molar-refractivity contribution in [3.63, 3.8) is 0 Å². The summed E-state index contributed by atoms with van der Waals surface area (Å²) in [6.45, 7) is 2.05. The molecule has 194 valence electrons. The number of anilines is 1. The van der Waals surface area contributed by atoms with Crippen molar-refractivity contribution < 1.29 is 36.2 Å². The minimum Gasteiger partial charge on any atom is -0.508 e. The van der Waals surface area contributed by atoms with E-state index in [-0.39, 0.29) is 39.7 Å². The number of aromatic hydroxyl groups is 1. The fourth-order valence-corrected chi connectivity index (χ4v) is 4.61. The maximum atomic E-state index is 14.4. The highest BCUT2D eigenvalue weighted by Crippen LogP contribution is 2.57. The van der Waals surface area contributed by atoms with Crippen LogP contribution < -0.4 is 5.32 Å². The number of aromatic nitrogens is 4. The van der Waals surface area contributed by atoms with Crippen LogP contribution in [0.1, 0.15) is 24.7 Å². The average molecular weight is 523 g/mol. The number of halogens is 6. The van der Waals surface area contributed by atoms with E-state index in [2.05, 4.69) is 20.4 Å². The molecule has 1 aliphatic rings. The van der Waals surface area contributed by atoms with Crippen LogP contribution in [0.2, 0.25) is 0 Å². The fourth-order valence-electron chi connectivity index (χ4n) is 4.61. The van der Waals surface area contributed by atoms with Gasteiger partial charge < -0.3 is 15.2 Å². The van der Waals surface area contributed by atoms with Crippen LogP contribution in [0.3, 0.4) is 0 Å². The molecule has 4 aromatic rings. The third-order valence-corrected chi connectivity index (χ3v) is 6.31. The van der Waals surface area contributed by atoms with Crippen LogP contribution in [0.25, 0.3) is 16.7 Å². The molecular formula is C24H19F6N5O2. The van der Waals surface area contributed by atoms with Crippen molar-refractivity contribution in [1.82, 2.24) is 19.7 Å². The zero-order valence-corrected chi connectivity index (χ0v) is 19.4. The monoisotopic (exact) mass is 523 g/mol. The van der Waals surface area contributed by atoms with E-state index in [1.165, 1.54) is 20.0 Å². The minimum atomic E-state index is -4.83. The number of hydrogen-bond acceptors (Lipinski definition) is 6. The molecule has 2 aromatic heterocycles. The smallest absolute Gasteiger partial charge is 0.419 e. The van der Waals surface area contributed by atoms with Gasteiger partial charge >= 0.3 is 6.18 Å². The molecule has 0 aliphatic carbocycles. The zero-order chi connectivity index (χ0) is 26.8. The summed E-state index contributed by atoms with van der Waals surface area (Å²) in [7, 11) is 0. The van der Waals surface area contributed by atoms with Crippen LogP contribution in [0.5, 0.6) is 5.75 Å². The van der Waals surface area contributed by atoms with Gasteiger partial charge in [-0.2, -0.15) is 18.3 Å². The van der Waals surface area contributed by atoms with E-state index in [0.29, 0.717) is 6.07 Å². The van der Waals surface area contributed by atoms with E-state index in [4.69, 9.17) is 4.74 Å². The standard InChI is InChI=1S/C24H19F6N5O2/c1-12-33-20(15-9-32-35(21(15)34-12)18-5-3-14(26)8-17(18)27)31-11-23(24(28,29)30)10-22(2,37-23)16-7-13(25)4-6-19(16)36/h3-9,36H,10-11H2,1-2H3,(H,31,33,34). The number of ether oxygens (including phenoxy) is 1.